The van der Waals surface area contributed by atoms with Crippen LogP contribution in [0.2, 0.25) is 0 Å². The monoisotopic (exact) mass is 1320 g/mol. The lowest BCUT2D eigenvalue weighted by molar-refractivity contribution is -0.161. The van der Waals surface area contributed by atoms with Crippen molar-refractivity contribution < 1.29 is 80.2 Å². The molecule has 17 nitrogen and oxygen atoms in total. The molecule has 0 aromatic heterocycles. The summed E-state index contributed by atoms with van der Waals surface area (Å²) in [5, 5.41) is 10.6. The summed E-state index contributed by atoms with van der Waals surface area (Å²) < 4.78 is 68.3. The van der Waals surface area contributed by atoms with Gasteiger partial charge in [-0.1, -0.05) is 299 Å². The van der Waals surface area contributed by atoms with Gasteiger partial charge < -0.3 is 33.8 Å². The van der Waals surface area contributed by atoms with Crippen LogP contribution in [0.5, 0.6) is 0 Å². The fourth-order valence-electron chi connectivity index (χ4n) is 10.6. The van der Waals surface area contributed by atoms with Gasteiger partial charge in [-0.25, -0.2) is 9.13 Å². The second kappa shape index (κ2) is 60.7. The van der Waals surface area contributed by atoms with Crippen molar-refractivity contribution in [2.24, 2.45) is 23.7 Å². The lowest BCUT2D eigenvalue weighted by atomic mass is 10.00. The molecule has 3 unspecified atom stereocenters. The number of hydrogen-bond donors (Lipinski definition) is 3. The van der Waals surface area contributed by atoms with Gasteiger partial charge in [-0.05, 0) is 49.4 Å². The van der Waals surface area contributed by atoms with Crippen LogP contribution in [0, 0.1) is 23.7 Å². The van der Waals surface area contributed by atoms with Crippen LogP contribution in [0.3, 0.4) is 0 Å². The lowest BCUT2D eigenvalue weighted by Crippen LogP contribution is -2.30. The molecule has 0 aliphatic heterocycles. The number of unbranched alkanes of at least 4 members (excludes halogenated alkanes) is 33. The molecule has 0 aliphatic carbocycles. The molecule has 0 saturated carbocycles. The van der Waals surface area contributed by atoms with Crippen LogP contribution in [0.25, 0.3) is 0 Å². The summed E-state index contributed by atoms with van der Waals surface area (Å²) >= 11 is 0. The van der Waals surface area contributed by atoms with Gasteiger partial charge in [0.2, 0.25) is 0 Å². The maximum Gasteiger partial charge on any atom is 0.472 e. The molecule has 90 heavy (non-hydrogen) atoms. The molecule has 0 aliphatic rings. The van der Waals surface area contributed by atoms with E-state index >= 15 is 0 Å². The van der Waals surface area contributed by atoms with Crippen LogP contribution in [-0.2, 0) is 65.4 Å². The van der Waals surface area contributed by atoms with E-state index in [2.05, 4.69) is 55.4 Å². The number of hydrogen-bond acceptors (Lipinski definition) is 15. The second-order valence-electron chi connectivity index (χ2n) is 27.3. The summed E-state index contributed by atoms with van der Waals surface area (Å²) in [6.07, 6.45) is 43.3. The van der Waals surface area contributed by atoms with Crippen LogP contribution in [-0.4, -0.2) is 96.7 Å². The fourth-order valence-corrected chi connectivity index (χ4v) is 12.2. The van der Waals surface area contributed by atoms with Gasteiger partial charge in [-0.15, -0.1) is 0 Å². The van der Waals surface area contributed by atoms with E-state index in [4.69, 9.17) is 37.0 Å². The first-order valence-electron chi connectivity index (χ1n) is 36.7. The van der Waals surface area contributed by atoms with Crippen molar-refractivity contribution in [2.75, 3.05) is 39.6 Å². The number of phosphoric acid groups is 2. The van der Waals surface area contributed by atoms with Gasteiger partial charge in [0.15, 0.2) is 12.2 Å². The maximum atomic E-state index is 13.0. The van der Waals surface area contributed by atoms with Crippen molar-refractivity contribution in [2.45, 2.75) is 369 Å². The molecule has 0 rings (SSSR count). The molecule has 0 fully saturated rings. The number of rotatable bonds is 68. The Balaban J connectivity index is 5.22. The van der Waals surface area contributed by atoms with E-state index in [9.17, 15) is 43.2 Å². The average molecular weight is 1330 g/mol. The highest BCUT2D eigenvalue weighted by molar-refractivity contribution is 7.47. The van der Waals surface area contributed by atoms with E-state index in [1.165, 1.54) is 148 Å². The Morgan fingerprint density at radius 1 is 0.311 bits per heavy atom. The minimum Gasteiger partial charge on any atom is -0.462 e. The topological polar surface area (TPSA) is 237 Å². The van der Waals surface area contributed by atoms with Crippen molar-refractivity contribution in [3.05, 3.63) is 0 Å². The number of esters is 4. The quantitative estimate of drug-likeness (QED) is 0.0222. The van der Waals surface area contributed by atoms with Gasteiger partial charge in [0, 0.05) is 25.7 Å². The predicted octanol–water partition coefficient (Wildman–Crippen LogP) is 20.1. The van der Waals surface area contributed by atoms with E-state index < -0.39 is 97.5 Å². The Labute approximate surface area is 549 Å². The van der Waals surface area contributed by atoms with E-state index in [1.54, 1.807) is 0 Å². The summed E-state index contributed by atoms with van der Waals surface area (Å²) in [6.45, 7) is 14.0. The molecular weight excluding hydrogens is 1190 g/mol. The zero-order valence-electron chi connectivity index (χ0n) is 58.8. The third kappa shape index (κ3) is 63.5. The first-order chi connectivity index (χ1) is 43.1. The number of carbonyl (C=O) groups excluding carboxylic acids is 4. The van der Waals surface area contributed by atoms with Crippen molar-refractivity contribution >= 4 is 39.5 Å². The van der Waals surface area contributed by atoms with Crippen molar-refractivity contribution in [1.82, 2.24) is 0 Å². The largest absolute Gasteiger partial charge is 0.472 e. The molecule has 0 aromatic carbocycles. The van der Waals surface area contributed by atoms with Gasteiger partial charge in [-0.2, -0.15) is 0 Å². The zero-order chi connectivity index (χ0) is 66.8. The molecule has 6 atom stereocenters. The Morgan fingerprint density at radius 3 is 0.789 bits per heavy atom. The first kappa shape index (κ1) is 88.1. The predicted molar refractivity (Wildman–Crippen MR) is 363 cm³/mol. The van der Waals surface area contributed by atoms with Crippen LogP contribution < -0.4 is 0 Å². The first-order valence-corrected chi connectivity index (χ1v) is 39.7. The summed E-state index contributed by atoms with van der Waals surface area (Å²) in [5.41, 5.74) is 0. The Bertz CT molecular complexity index is 1780. The number of aliphatic hydroxyl groups excluding tert-OH is 1. The summed E-state index contributed by atoms with van der Waals surface area (Å²) in [4.78, 5) is 72.5. The smallest absolute Gasteiger partial charge is 0.462 e. The molecule has 0 amide bonds. The summed E-state index contributed by atoms with van der Waals surface area (Å²) in [7, 11) is -9.90. The standard InChI is InChI=1S/C71H138O17P2/c1-9-64(8)50-42-34-28-30-36-44-52-69(74)82-58-67(88-71(76)54-46-38-29-27-33-41-49-63(6)7)60-86-90(79,80)84-56-65(72)55-83-89(77,78)85-59-66(57-81-68(73)51-43-35-25-21-18-17-20-24-32-40-48-62(4)5)87-70(75)53-45-37-26-22-16-14-12-10-11-13-15-19-23-31-39-47-61(2)3/h61-67,72H,9-60H2,1-8H3,(H,77,78)(H,79,80)/t64?,65-,66-,67-/m1/s1. The SMILES string of the molecule is CCC(C)CCCCCCCCC(=O)OC[C@H](COP(=O)(O)OC[C@H](O)COP(=O)(O)OC[C@@H](COC(=O)CCCCCCCCCCCCC(C)C)OC(=O)CCCCCCCCCCCCCCCCCC(C)C)OC(=O)CCCCCCCCC(C)C. The third-order valence-electron chi connectivity index (χ3n) is 16.7. The zero-order valence-corrected chi connectivity index (χ0v) is 60.6. The van der Waals surface area contributed by atoms with E-state index in [0.29, 0.717) is 31.6 Å². The normalized spacial score (nSPS) is 14.6. The molecule has 3 N–H and O–H groups in total. The fraction of sp³-hybridized carbons (Fsp3) is 0.944. The van der Waals surface area contributed by atoms with Crippen molar-refractivity contribution in [3.63, 3.8) is 0 Å². The van der Waals surface area contributed by atoms with Gasteiger partial charge in [0.25, 0.3) is 0 Å². The molecule has 0 bridgehead atoms. The molecular formula is C71H138O17P2. The van der Waals surface area contributed by atoms with Crippen LogP contribution in [0.4, 0.5) is 0 Å². The van der Waals surface area contributed by atoms with Gasteiger partial charge in [0.05, 0.1) is 26.4 Å². The summed E-state index contributed by atoms with van der Waals surface area (Å²) in [6, 6.07) is 0. The minimum absolute atomic E-state index is 0.101. The maximum absolute atomic E-state index is 13.0. The molecule has 0 aromatic rings. The van der Waals surface area contributed by atoms with Crippen molar-refractivity contribution in [1.29, 1.82) is 0 Å². The number of ether oxygens (including phenoxy) is 4. The van der Waals surface area contributed by atoms with E-state index in [-0.39, 0.29) is 25.7 Å². The van der Waals surface area contributed by atoms with Gasteiger partial charge in [-0.3, -0.25) is 37.3 Å². The lowest BCUT2D eigenvalue weighted by Gasteiger charge is -2.21. The van der Waals surface area contributed by atoms with E-state index in [0.717, 1.165) is 114 Å². The number of phosphoric ester groups is 2. The second-order valence-corrected chi connectivity index (χ2v) is 30.2. The molecule has 0 spiro atoms. The molecule has 534 valence electrons. The molecule has 0 radical (unpaired) electrons. The Morgan fingerprint density at radius 2 is 0.533 bits per heavy atom. The van der Waals surface area contributed by atoms with Crippen molar-refractivity contribution in [3.8, 4) is 0 Å². The van der Waals surface area contributed by atoms with Gasteiger partial charge in [0.1, 0.15) is 19.3 Å². The molecule has 0 heterocycles. The molecule has 0 saturated heterocycles. The van der Waals surface area contributed by atoms with E-state index in [1.807, 2.05) is 0 Å². The Hall–Kier alpha value is -1.94. The Kier molecular flexibility index (Phi) is 59.4. The van der Waals surface area contributed by atoms with Crippen LogP contribution in [0.15, 0.2) is 0 Å². The molecule has 19 heteroatoms. The number of carbonyl (C=O) groups is 4. The minimum atomic E-state index is -4.95. The highest BCUT2D eigenvalue weighted by Crippen LogP contribution is 2.45. The summed E-state index contributed by atoms with van der Waals surface area (Å²) in [5.74, 6) is 0.828. The van der Waals surface area contributed by atoms with Gasteiger partial charge >= 0.3 is 39.5 Å². The highest BCUT2D eigenvalue weighted by atomic mass is 31.2. The van der Waals surface area contributed by atoms with Crippen LogP contribution in [0.1, 0.15) is 351 Å². The highest BCUT2D eigenvalue weighted by Gasteiger charge is 2.30. The number of aliphatic hydroxyl groups is 1. The average Bonchev–Trinajstić information content (AvgIpc) is 3.66. The third-order valence-corrected chi connectivity index (χ3v) is 18.6. The van der Waals surface area contributed by atoms with Crippen LogP contribution >= 0.6 is 15.6 Å².